The third-order valence-corrected chi connectivity index (χ3v) is 6.27. The van der Waals surface area contributed by atoms with Gasteiger partial charge in [-0.25, -0.2) is 0 Å². The molecule has 184 valence electrons. The Hall–Kier alpha value is -4.39. The molecule has 0 bridgehead atoms. The average molecular weight is 484 g/mol. The van der Waals surface area contributed by atoms with Crippen molar-refractivity contribution in [3.8, 4) is 0 Å². The van der Waals surface area contributed by atoms with Crippen molar-refractivity contribution in [1.82, 2.24) is 0 Å². The molecule has 1 saturated heterocycles. The molecule has 1 atom stereocenters. The summed E-state index contributed by atoms with van der Waals surface area (Å²) in [5, 5.41) is 14.0. The Morgan fingerprint density at radius 3 is 2.08 bits per heavy atom. The van der Waals surface area contributed by atoms with Gasteiger partial charge >= 0.3 is 0 Å². The first-order valence-electron chi connectivity index (χ1n) is 11.8. The molecule has 7 nitrogen and oxygen atoms in total. The summed E-state index contributed by atoms with van der Waals surface area (Å²) in [6, 6.07) is 20.7. The molecular weight excluding hydrogens is 454 g/mol. The van der Waals surface area contributed by atoms with E-state index in [1.807, 2.05) is 62.3 Å². The van der Waals surface area contributed by atoms with Crippen molar-refractivity contribution >= 4 is 40.4 Å². The highest BCUT2D eigenvalue weighted by Crippen LogP contribution is 2.42. The fraction of sp³-hybridized carbons (Fsp3) is 0.207. The van der Waals surface area contributed by atoms with Gasteiger partial charge in [0.05, 0.1) is 11.6 Å². The van der Waals surface area contributed by atoms with Crippen LogP contribution in [0.25, 0.3) is 5.76 Å². The number of nitrogens with zero attached hydrogens (tertiary/aromatic N) is 2. The van der Waals surface area contributed by atoms with Crippen LogP contribution in [0.5, 0.6) is 0 Å². The summed E-state index contributed by atoms with van der Waals surface area (Å²) in [6.45, 7) is 3.45. The number of aryl methyl sites for hydroxylation is 1. The van der Waals surface area contributed by atoms with Gasteiger partial charge in [0.15, 0.2) is 0 Å². The number of benzene rings is 3. The van der Waals surface area contributed by atoms with Crippen LogP contribution < -0.4 is 15.1 Å². The summed E-state index contributed by atoms with van der Waals surface area (Å²) in [5.74, 6) is -1.90. The number of carbonyl (C=O) groups is 3. The number of ketones is 1. The largest absolute Gasteiger partial charge is 0.507 e. The van der Waals surface area contributed by atoms with Crippen LogP contribution in [0.1, 0.15) is 36.6 Å². The van der Waals surface area contributed by atoms with Gasteiger partial charge in [-0.15, -0.1) is 0 Å². The van der Waals surface area contributed by atoms with Gasteiger partial charge in [-0.1, -0.05) is 43.3 Å². The van der Waals surface area contributed by atoms with Gasteiger partial charge in [-0.2, -0.15) is 0 Å². The van der Waals surface area contributed by atoms with Gasteiger partial charge in [0.1, 0.15) is 5.76 Å². The zero-order chi connectivity index (χ0) is 26.0. The summed E-state index contributed by atoms with van der Waals surface area (Å²) in [7, 11) is 3.86. The summed E-state index contributed by atoms with van der Waals surface area (Å²) >= 11 is 0. The van der Waals surface area contributed by atoms with Crippen molar-refractivity contribution in [3.63, 3.8) is 0 Å². The zero-order valence-corrected chi connectivity index (χ0v) is 20.8. The van der Waals surface area contributed by atoms with Crippen LogP contribution in [0.4, 0.5) is 17.1 Å². The van der Waals surface area contributed by atoms with Crippen molar-refractivity contribution in [2.24, 2.45) is 0 Å². The summed E-state index contributed by atoms with van der Waals surface area (Å²) in [5.41, 5.74) is 4.32. The summed E-state index contributed by atoms with van der Waals surface area (Å²) < 4.78 is 0. The number of Topliss-reactive ketones (excluding diaryl/α,β-unsaturated/α-hetero) is 1. The first kappa shape index (κ1) is 24.7. The Morgan fingerprint density at radius 1 is 0.944 bits per heavy atom. The maximum absolute atomic E-state index is 13.3. The van der Waals surface area contributed by atoms with E-state index in [9.17, 15) is 19.5 Å². The van der Waals surface area contributed by atoms with E-state index < -0.39 is 17.7 Å². The molecule has 1 unspecified atom stereocenters. The molecule has 3 aromatic rings. The smallest absolute Gasteiger partial charge is 0.300 e. The maximum atomic E-state index is 13.3. The predicted molar refractivity (Wildman–Crippen MR) is 142 cm³/mol. The lowest BCUT2D eigenvalue weighted by Crippen LogP contribution is -2.29. The highest BCUT2D eigenvalue weighted by molar-refractivity contribution is 6.51. The van der Waals surface area contributed by atoms with Crippen LogP contribution in [0.3, 0.4) is 0 Å². The summed E-state index contributed by atoms with van der Waals surface area (Å²) in [6.07, 6.45) is 0.845. The number of hydrogen-bond donors (Lipinski definition) is 2. The normalized spacial score (nSPS) is 16.8. The van der Waals surface area contributed by atoms with Gasteiger partial charge < -0.3 is 15.3 Å². The lowest BCUT2D eigenvalue weighted by Gasteiger charge is -2.26. The third-order valence-electron chi connectivity index (χ3n) is 6.27. The van der Waals surface area contributed by atoms with Crippen molar-refractivity contribution in [2.45, 2.75) is 26.3 Å². The van der Waals surface area contributed by atoms with Crippen molar-refractivity contribution < 1.29 is 19.5 Å². The minimum Gasteiger partial charge on any atom is -0.507 e. The molecule has 1 heterocycles. The summed E-state index contributed by atoms with van der Waals surface area (Å²) in [4.78, 5) is 41.4. The van der Waals surface area contributed by atoms with Gasteiger partial charge in [0, 0.05) is 43.6 Å². The van der Waals surface area contributed by atoms with Crippen LogP contribution in [0, 0.1) is 0 Å². The number of carbonyl (C=O) groups excluding carboxylic acids is 3. The Bertz CT molecular complexity index is 1320. The molecule has 36 heavy (non-hydrogen) atoms. The quantitative estimate of drug-likeness (QED) is 0.296. The van der Waals surface area contributed by atoms with E-state index in [1.165, 1.54) is 11.8 Å². The van der Waals surface area contributed by atoms with Gasteiger partial charge in [-0.05, 0) is 53.9 Å². The lowest BCUT2D eigenvalue weighted by atomic mass is 9.94. The highest BCUT2D eigenvalue weighted by Gasteiger charge is 2.47. The fourth-order valence-corrected chi connectivity index (χ4v) is 4.33. The molecule has 1 aliphatic heterocycles. The minimum atomic E-state index is -0.821. The molecule has 1 aliphatic rings. The average Bonchev–Trinajstić information content (AvgIpc) is 3.14. The monoisotopic (exact) mass is 483 g/mol. The number of rotatable bonds is 6. The molecule has 7 heteroatoms. The molecule has 0 aliphatic carbocycles. The van der Waals surface area contributed by atoms with Gasteiger partial charge in [-0.3, -0.25) is 19.3 Å². The SMILES string of the molecule is CCc1ccc(/C(O)=C2/C(=O)C(=O)N(c3ccc(NC(C)=O)cc3)C2c2ccc(N(C)C)cc2)cc1. The first-order valence-corrected chi connectivity index (χ1v) is 11.8. The van der Waals surface area contributed by atoms with Crippen molar-refractivity contribution in [3.05, 3.63) is 95.1 Å². The van der Waals surface area contributed by atoms with E-state index in [4.69, 9.17) is 0 Å². The van der Waals surface area contributed by atoms with E-state index in [2.05, 4.69) is 5.32 Å². The Kier molecular flexibility index (Phi) is 6.92. The second-order valence-corrected chi connectivity index (χ2v) is 8.93. The van der Waals surface area contributed by atoms with Gasteiger partial charge in [0.2, 0.25) is 5.91 Å². The fourth-order valence-electron chi connectivity index (χ4n) is 4.33. The zero-order valence-electron chi connectivity index (χ0n) is 20.8. The van der Waals surface area contributed by atoms with Crippen LogP contribution in [-0.2, 0) is 20.8 Å². The number of nitrogens with one attached hydrogen (secondary N) is 1. The topological polar surface area (TPSA) is 90.0 Å². The number of hydrogen-bond acceptors (Lipinski definition) is 5. The highest BCUT2D eigenvalue weighted by atomic mass is 16.3. The maximum Gasteiger partial charge on any atom is 0.300 e. The molecule has 2 amide bonds. The van der Waals surface area contributed by atoms with Crippen molar-refractivity contribution in [1.29, 1.82) is 0 Å². The Labute approximate surface area is 210 Å². The predicted octanol–water partition coefficient (Wildman–Crippen LogP) is 4.90. The van der Waals surface area contributed by atoms with Gasteiger partial charge in [0.25, 0.3) is 11.7 Å². The molecule has 0 aromatic heterocycles. The lowest BCUT2D eigenvalue weighted by molar-refractivity contribution is -0.132. The first-order chi connectivity index (χ1) is 17.2. The van der Waals surface area contributed by atoms with Crippen molar-refractivity contribution in [2.75, 3.05) is 29.2 Å². The Balaban J connectivity index is 1.86. The number of amides is 2. The van der Waals surface area contributed by atoms with E-state index in [-0.39, 0.29) is 17.2 Å². The minimum absolute atomic E-state index is 0.0350. The molecule has 0 saturated carbocycles. The molecule has 3 aromatic carbocycles. The Morgan fingerprint density at radius 2 is 1.56 bits per heavy atom. The van der Waals surface area contributed by atoms with E-state index in [0.717, 1.165) is 17.7 Å². The van der Waals surface area contributed by atoms with E-state index in [1.54, 1.807) is 36.4 Å². The van der Waals surface area contributed by atoms with E-state index >= 15 is 0 Å². The number of aliphatic hydroxyl groups is 1. The molecule has 1 fully saturated rings. The number of anilines is 3. The molecule has 2 N–H and O–H groups in total. The van der Waals surface area contributed by atoms with Crippen LogP contribution in [0.15, 0.2) is 78.4 Å². The third kappa shape index (κ3) is 4.73. The molecule has 0 spiro atoms. The van der Waals surface area contributed by atoms with Crippen LogP contribution in [0.2, 0.25) is 0 Å². The molecular formula is C29H29N3O4. The second kappa shape index (κ2) is 10.1. The van der Waals surface area contributed by atoms with E-state index in [0.29, 0.717) is 22.5 Å². The molecule has 4 rings (SSSR count). The van der Waals surface area contributed by atoms with Crippen LogP contribution >= 0.6 is 0 Å². The molecule has 0 radical (unpaired) electrons. The standard InChI is InChI=1S/C29H29N3O4/c1-5-19-6-8-21(9-7-19)27(34)25-26(20-10-14-23(15-11-20)31(3)4)32(29(36)28(25)35)24-16-12-22(13-17-24)30-18(2)33/h6-17,26,34H,5H2,1-4H3,(H,30,33)/b27-25-. The second-order valence-electron chi connectivity index (χ2n) is 8.93. The van der Waals surface area contributed by atoms with Crippen LogP contribution in [-0.4, -0.2) is 36.8 Å². The number of aliphatic hydroxyl groups excluding tert-OH is 1.